The number of fused-ring (bicyclic) bond motifs is 1. The van der Waals surface area contributed by atoms with Crippen LogP contribution in [0.15, 0.2) is 0 Å². The number of piperidine rings is 1. The molecular formula is C10H22N2+2. The third-order valence-electron chi connectivity index (χ3n) is 3.97. The van der Waals surface area contributed by atoms with Gasteiger partial charge in [0.05, 0.1) is 31.6 Å². The molecule has 1 saturated heterocycles. The molecule has 2 heteroatoms. The first-order chi connectivity index (χ1) is 5.79. The summed E-state index contributed by atoms with van der Waals surface area (Å²) in [5, 5.41) is 0. The molecule has 0 amide bonds. The van der Waals surface area contributed by atoms with E-state index in [1.54, 1.807) is 4.90 Å². The molecule has 2 fully saturated rings. The lowest BCUT2D eigenvalue weighted by molar-refractivity contribution is -0.922. The lowest BCUT2D eigenvalue weighted by Gasteiger charge is -2.40. The van der Waals surface area contributed by atoms with Gasteiger partial charge in [-0.05, 0) is 19.3 Å². The van der Waals surface area contributed by atoms with Crippen molar-refractivity contribution in [1.29, 1.82) is 0 Å². The quantitative estimate of drug-likeness (QED) is 0.471. The van der Waals surface area contributed by atoms with Crippen molar-refractivity contribution in [3.63, 3.8) is 0 Å². The Kier molecular flexibility index (Phi) is 2.37. The molecule has 2 nitrogen and oxygen atoms in total. The van der Waals surface area contributed by atoms with Gasteiger partial charge in [-0.2, -0.15) is 0 Å². The number of nitrogens with one attached hydrogen (secondary N) is 1. The maximum absolute atomic E-state index is 4.30. The lowest BCUT2D eigenvalue weighted by atomic mass is 9.76. The molecule has 0 spiro atoms. The average molecular weight is 170 g/mol. The molecule has 1 heterocycles. The highest BCUT2D eigenvalue weighted by molar-refractivity contribution is 4.82. The van der Waals surface area contributed by atoms with Gasteiger partial charge in [-0.3, -0.25) is 0 Å². The van der Waals surface area contributed by atoms with Crippen molar-refractivity contribution in [3.8, 4) is 0 Å². The van der Waals surface area contributed by atoms with E-state index in [9.17, 15) is 0 Å². The molecule has 1 aliphatic carbocycles. The van der Waals surface area contributed by atoms with Gasteiger partial charge in [0.15, 0.2) is 0 Å². The molecule has 0 aromatic rings. The predicted molar refractivity (Wildman–Crippen MR) is 48.8 cm³/mol. The van der Waals surface area contributed by atoms with Crippen LogP contribution in [0.4, 0.5) is 0 Å². The van der Waals surface area contributed by atoms with Crippen molar-refractivity contribution in [1.82, 2.24) is 0 Å². The fourth-order valence-electron chi connectivity index (χ4n) is 3.15. The predicted octanol–water partition coefficient (Wildman–Crippen LogP) is -0.926. The summed E-state index contributed by atoms with van der Waals surface area (Å²) in [4.78, 5) is 1.78. The van der Waals surface area contributed by atoms with E-state index < -0.39 is 0 Å². The topological polar surface area (TPSA) is 32.1 Å². The molecule has 4 N–H and O–H groups in total. The third-order valence-corrected chi connectivity index (χ3v) is 3.97. The van der Waals surface area contributed by atoms with E-state index >= 15 is 0 Å². The molecule has 70 valence electrons. The highest BCUT2D eigenvalue weighted by Gasteiger charge is 2.41. The molecule has 0 radical (unpaired) electrons. The summed E-state index contributed by atoms with van der Waals surface area (Å²) in [5.41, 5.74) is 4.30. The van der Waals surface area contributed by atoms with Crippen LogP contribution < -0.4 is 10.6 Å². The number of rotatable bonds is 0. The zero-order valence-corrected chi connectivity index (χ0v) is 8.18. The van der Waals surface area contributed by atoms with E-state index in [4.69, 9.17) is 0 Å². The molecule has 2 aliphatic rings. The highest BCUT2D eigenvalue weighted by Crippen LogP contribution is 2.26. The van der Waals surface area contributed by atoms with E-state index in [0.29, 0.717) is 0 Å². The Labute approximate surface area is 75.1 Å². The summed E-state index contributed by atoms with van der Waals surface area (Å²) in [6, 6.07) is 1.72. The second kappa shape index (κ2) is 3.35. The Bertz CT molecular complexity index is 140. The van der Waals surface area contributed by atoms with Crippen LogP contribution in [0.1, 0.15) is 32.1 Å². The largest absolute Gasteiger partial charge is 0.355 e. The zero-order valence-electron chi connectivity index (χ0n) is 8.18. The molecule has 0 aromatic heterocycles. The van der Waals surface area contributed by atoms with Crippen LogP contribution in [-0.4, -0.2) is 25.7 Å². The summed E-state index contributed by atoms with van der Waals surface area (Å²) in [6.07, 6.45) is 7.19. The van der Waals surface area contributed by atoms with Gasteiger partial charge in [0.1, 0.15) is 0 Å². The smallest absolute Gasteiger partial charge is 0.0983 e. The van der Waals surface area contributed by atoms with Crippen LogP contribution >= 0.6 is 0 Å². The molecule has 1 saturated carbocycles. The number of hydrogen-bond donors (Lipinski definition) is 2. The van der Waals surface area contributed by atoms with E-state index in [0.717, 1.165) is 18.0 Å². The van der Waals surface area contributed by atoms with E-state index in [2.05, 4.69) is 12.8 Å². The summed E-state index contributed by atoms with van der Waals surface area (Å²) < 4.78 is 0. The molecule has 4 atom stereocenters. The Morgan fingerprint density at radius 3 is 2.67 bits per heavy atom. The maximum atomic E-state index is 4.30. The molecular weight excluding hydrogens is 148 g/mol. The first kappa shape index (κ1) is 8.52. The molecule has 0 aromatic carbocycles. The lowest BCUT2D eigenvalue weighted by Crippen LogP contribution is -3.16. The van der Waals surface area contributed by atoms with E-state index in [1.807, 2.05) is 0 Å². The Hall–Kier alpha value is -0.0800. The zero-order chi connectivity index (χ0) is 8.55. The van der Waals surface area contributed by atoms with Crippen LogP contribution in [0.2, 0.25) is 0 Å². The maximum Gasteiger partial charge on any atom is 0.0983 e. The van der Waals surface area contributed by atoms with Crippen LogP contribution in [0.3, 0.4) is 0 Å². The molecule has 12 heavy (non-hydrogen) atoms. The van der Waals surface area contributed by atoms with Gasteiger partial charge in [0.2, 0.25) is 0 Å². The summed E-state index contributed by atoms with van der Waals surface area (Å²) in [6.45, 7) is 1.36. The number of likely N-dealkylation sites (tertiary alicyclic amines) is 1. The van der Waals surface area contributed by atoms with Crippen molar-refractivity contribution >= 4 is 0 Å². The van der Waals surface area contributed by atoms with Gasteiger partial charge in [0, 0.05) is 6.42 Å². The standard InChI is InChI=1S/C10H20N2/c1-12-7-6-9(11)8-4-2-3-5-10(8)12/h8-10H,2-7,11H2,1H3/p+2/t8-,9-,10-/m0/s1. The molecule has 0 bridgehead atoms. The van der Waals surface area contributed by atoms with Gasteiger partial charge in [-0.25, -0.2) is 0 Å². The first-order valence-corrected chi connectivity index (χ1v) is 5.44. The third kappa shape index (κ3) is 1.38. The van der Waals surface area contributed by atoms with Crippen molar-refractivity contribution < 1.29 is 10.6 Å². The van der Waals surface area contributed by atoms with Crippen LogP contribution in [0.25, 0.3) is 0 Å². The Morgan fingerprint density at radius 2 is 1.92 bits per heavy atom. The van der Waals surface area contributed by atoms with Crippen molar-refractivity contribution in [3.05, 3.63) is 0 Å². The Balaban J connectivity index is 2.05. The minimum Gasteiger partial charge on any atom is -0.355 e. The first-order valence-electron chi connectivity index (χ1n) is 5.44. The van der Waals surface area contributed by atoms with Crippen LogP contribution in [0.5, 0.6) is 0 Å². The fraction of sp³-hybridized carbons (Fsp3) is 1.00. The normalized spacial score (nSPS) is 48.5. The SMILES string of the molecule is C[NH+]1CC[C@H]([NH3+])[C@@H]2CCCC[C@@H]21. The molecule has 1 unspecified atom stereocenters. The van der Waals surface area contributed by atoms with Crippen molar-refractivity contribution in [2.45, 2.75) is 44.2 Å². The van der Waals surface area contributed by atoms with Gasteiger partial charge >= 0.3 is 0 Å². The average Bonchev–Trinajstić information content (AvgIpc) is 2.12. The van der Waals surface area contributed by atoms with E-state index in [1.165, 1.54) is 38.6 Å². The summed E-state index contributed by atoms with van der Waals surface area (Å²) >= 11 is 0. The second-order valence-corrected chi connectivity index (χ2v) is 4.70. The Morgan fingerprint density at radius 1 is 1.17 bits per heavy atom. The van der Waals surface area contributed by atoms with Crippen molar-refractivity contribution in [2.75, 3.05) is 13.6 Å². The summed E-state index contributed by atoms with van der Waals surface area (Å²) in [7, 11) is 2.37. The fourth-order valence-corrected chi connectivity index (χ4v) is 3.15. The minimum absolute atomic E-state index is 0.763. The van der Waals surface area contributed by atoms with Gasteiger partial charge < -0.3 is 10.6 Å². The summed E-state index contributed by atoms with van der Waals surface area (Å²) in [5.74, 6) is 0.951. The number of hydrogen-bond acceptors (Lipinski definition) is 0. The van der Waals surface area contributed by atoms with Crippen LogP contribution in [-0.2, 0) is 0 Å². The van der Waals surface area contributed by atoms with Gasteiger partial charge in [0.25, 0.3) is 0 Å². The monoisotopic (exact) mass is 170 g/mol. The van der Waals surface area contributed by atoms with Gasteiger partial charge in [-0.15, -0.1) is 0 Å². The minimum atomic E-state index is 0.763. The van der Waals surface area contributed by atoms with Gasteiger partial charge in [-0.1, -0.05) is 6.42 Å². The van der Waals surface area contributed by atoms with E-state index in [-0.39, 0.29) is 0 Å². The number of quaternary nitrogens is 2. The van der Waals surface area contributed by atoms with Crippen molar-refractivity contribution in [2.24, 2.45) is 5.92 Å². The highest BCUT2D eigenvalue weighted by atomic mass is 15.1. The molecule has 1 aliphatic heterocycles. The van der Waals surface area contributed by atoms with Crippen LogP contribution in [0, 0.1) is 5.92 Å². The molecule has 2 rings (SSSR count). The second-order valence-electron chi connectivity index (χ2n) is 4.70.